The first-order chi connectivity index (χ1) is 11.1. The van der Waals surface area contributed by atoms with E-state index < -0.39 is 11.9 Å². The van der Waals surface area contributed by atoms with Gasteiger partial charge in [-0.25, -0.2) is 0 Å². The summed E-state index contributed by atoms with van der Waals surface area (Å²) in [7, 11) is 0. The lowest BCUT2D eigenvalue weighted by atomic mass is 9.92. The number of hydrogen-bond acceptors (Lipinski definition) is 4. The van der Waals surface area contributed by atoms with Crippen molar-refractivity contribution in [2.45, 2.75) is 18.8 Å². The molecule has 0 heterocycles. The molecule has 1 unspecified atom stereocenters. The number of benzene rings is 2. The second-order valence-corrected chi connectivity index (χ2v) is 5.09. The lowest BCUT2D eigenvalue weighted by Crippen LogP contribution is -2.19. The predicted molar refractivity (Wildman–Crippen MR) is 84.4 cm³/mol. The van der Waals surface area contributed by atoms with Crippen LogP contribution in [0.4, 0.5) is 0 Å². The number of amides is 1. The molecule has 2 N–H and O–H groups in total. The van der Waals surface area contributed by atoms with E-state index in [-0.39, 0.29) is 18.8 Å². The van der Waals surface area contributed by atoms with E-state index in [1.807, 2.05) is 36.4 Å². The monoisotopic (exact) mass is 308 g/mol. The van der Waals surface area contributed by atoms with E-state index in [0.717, 1.165) is 5.56 Å². The maximum Gasteiger partial charge on any atom is 0.311 e. The van der Waals surface area contributed by atoms with Gasteiger partial charge < -0.3 is 10.5 Å². The summed E-state index contributed by atoms with van der Waals surface area (Å²) < 4.78 is 5.25. The number of primary amides is 1. The summed E-state index contributed by atoms with van der Waals surface area (Å²) in [4.78, 5) is 23.3. The van der Waals surface area contributed by atoms with Crippen molar-refractivity contribution in [2.24, 2.45) is 5.73 Å². The van der Waals surface area contributed by atoms with Gasteiger partial charge in [0.15, 0.2) is 0 Å². The Labute approximate surface area is 134 Å². The van der Waals surface area contributed by atoms with E-state index in [0.29, 0.717) is 11.3 Å². The summed E-state index contributed by atoms with van der Waals surface area (Å²) in [6, 6.07) is 17.5. The van der Waals surface area contributed by atoms with Crippen molar-refractivity contribution in [3.63, 3.8) is 0 Å². The molecule has 1 amide bonds. The molecule has 23 heavy (non-hydrogen) atoms. The average Bonchev–Trinajstić information content (AvgIpc) is 2.55. The summed E-state index contributed by atoms with van der Waals surface area (Å²) in [5.74, 6) is -0.880. The highest BCUT2D eigenvalue weighted by molar-refractivity contribution is 5.78. The van der Waals surface area contributed by atoms with Gasteiger partial charge in [-0.1, -0.05) is 30.3 Å². The highest BCUT2D eigenvalue weighted by Crippen LogP contribution is 2.24. The number of nitrogens with two attached hydrogens (primary N) is 1. The van der Waals surface area contributed by atoms with Crippen molar-refractivity contribution in [1.29, 1.82) is 5.26 Å². The lowest BCUT2D eigenvalue weighted by molar-refractivity contribution is -0.134. The van der Waals surface area contributed by atoms with Crippen LogP contribution in [-0.2, 0) is 9.59 Å². The van der Waals surface area contributed by atoms with E-state index in [1.54, 1.807) is 24.3 Å². The molecule has 2 rings (SSSR count). The minimum Gasteiger partial charge on any atom is -0.427 e. The summed E-state index contributed by atoms with van der Waals surface area (Å²) in [6.07, 6.45) is 0.124. The van der Waals surface area contributed by atoms with Crippen LogP contribution >= 0.6 is 0 Å². The topological polar surface area (TPSA) is 93.2 Å². The molecule has 2 aromatic rings. The van der Waals surface area contributed by atoms with E-state index in [1.165, 1.54) is 0 Å². The number of esters is 1. The Morgan fingerprint density at radius 1 is 1.04 bits per heavy atom. The van der Waals surface area contributed by atoms with Gasteiger partial charge >= 0.3 is 5.97 Å². The molecule has 0 aromatic heterocycles. The van der Waals surface area contributed by atoms with Crippen LogP contribution in [0.5, 0.6) is 5.75 Å². The molecule has 0 saturated heterocycles. The molecule has 0 aliphatic heterocycles. The molecule has 1 atom stereocenters. The molecule has 0 fully saturated rings. The third-order valence-electron chi connectivity index (χ3n) is 3.35. The van der Waals surface area contributed by atoms with Crippen LogP contribution in [0.2, 0.25) is 0 Å². The highest BCUT2D eigenvalue weighted by Gasteiger charge is 2.19. The van der Waals surface area contributed by atoms with Gasteiger partial charge in [0.05, 0.1) is 18.1 Å². The summed E-state index contributed by atoms with van der Waals surface area (Å²) in [5, 5.41) is 8.74. The lowest BCUT2D eigenvalue weighted by Gasteiger charge is -2.15. The Morgan fingerprint density at radius 3 is 2.26 bits per heavy atom. The van der Waals surface area contributed by atoms with Crippen molar-refractivity contribution in [1.82, 2.24) is 0 Å². The maximum atomic E-state index is 12.1. The van der Waals surface area contributed by atoms with Crippen LogP contribution in [0.15, 0.2) is 54.6 Å². The number of nitrogens with zero attached hydrogens (tertiary/aromatic N) is 1. The summed E-state index contributed by atoms with van der Waals surface area (Å²) in [5.41, 5.74) is 6.62. The van der Waals surface area contributed by atoms with E-state index in [9.17, 15) is 9.59 Å². The number of nitriles is 1. The molecule has 0 aliphatic rings. The van der Waals surface area contributed by atoms with Crippen molar-refractivity contribution in [2.75, 3.05) is 0 Å². The Hall–Kier alpha value is -3.13. The molecule has 0 spiro atoms. The van der Waals surface area contributed by atoms with E-state index in [2.05, 4.69) is 0 Å². The van der Waals surface area contributed by atoms with Gasteiger partial charge in [0.25, 0.3) is 0 Å². The van der Waals surface area contributed by atoms with Gasteiger partial charge in [0.1, 0.15) is 5.75 Å². The Morgan fingerprint density at radius 2 is 1.70 bits per heavy atom. The normalized spacial score (nSPS) is 11.3. The van der Waals surface area contributed by atoms with Crippen LogP contribution in [0.25, 0.3) is 0 Å². The zero-order valence-electron chi connectivity index (χ0n) is 12.4. The van der Waals surface area contributed by atoms with Crippen LogP contribution in [0.3, 0.4) is 0 Å². The zero-order chi connectivity index (χ0) is 16.7. The third-order valence-corrected chi connectivity index (χ3v) is 3.35. The van der Waals surface area contributed by atoms with Gasteiger partial charge in [-0.3, -0.25) is 9.59 Å². The molecule has 116 valence electrons. The molecule has 0 aliphatic carbocycles. The van der Waals surface area contributed by atoms with Crippen LogP contribution in [-0.4, -0.2) is 11.9 Å². The maximum absolute atomic E-state index is 12.1. The number of carbonyl (C=O) groups is 2. The molecule has 0 saturated carbocycles. The Bertz CT molecular complexity index is 718. The van der Waals surface area contributed by atoms with E-state index in [4.69, 9.17) is 15.7 Å². The van der Waals surface area contributed by atoms with Gasteiger partial charge in [0.2, 0.25) is 5.91 Å². The SMILES string of the molecule is N#Cc1ccc(OC(=O)CC(CC(N)=O)c2ccccc2)cc1. The molecule has 5 nitrogen and oxygen atoms in total. The van der Waals surface area contributed by atoms with E-state index >= 15 is 0 Å². The van der Waals surface area contributed by atoms with Crippen LogP contribution in [0, 0.1) is 11.3 Å². The number of ether oxygens (including phenoxy) is 1. The first-order valence-corrected chi connectivity index (χ1v) is 7.12. The molecule has 5 heteroatoms. The number of rotatable bonds is 6. The highest BCUT2D eigenvalue weighted by atomic mass is 16.5. The van der Waals surface area contributed by atoms with Crippen molar-refractivity contribution >= 4 is 11.9 Å². The molecule has 0 bridgehead atoms. The fourth-order valence-electron chi connectivity index (χ4n) is 2.25. The van der Waals surface area contributed by atoms with Crippen molar-refractivity contribution in [3.8, 4) is 11.8 Å². The molecular weight excluding hydrogens is 292 g/mol. The number of carbonyl (C=O) groups excluding carboxylic acids is 2. The largest absolute Gasteiger partial charge is 0.427 e. The molecule has 2 aromatic carbocycles. The first kappa shape index (κ1) is 16.2. The Balaban J connectivity index is 2.05. The minimum absolute atomic E-state index is 0.0486. The minimum atomic E-state index is -0.468. The standard InChI is InChI=1S/C18H16N2O3/c19-12-13-6-8-16(9-7-13)23-18(22)11-15(10-17(20)21)14-4-2-1-3-5-14/h1-9,15H,10-11H2,(H2,20,21). The van der Waals surface area contributed by atoms with Crippen molar-refractivity contribution in [3.05, 3.63) is 65.7 Å². The van der Waals surface area contributed by atoms with Gasteiger partial charge in [-0.2, -0.15) is 5.26 Å². The third kappa shape index (κ3) is 4.97. The fraction of sp³-hybridized carbons (Fsp3) is 0.167. The predicted octanol–water partition coefficient (Wildman–Crippen LogP) is 2.51. The first-order valence-electron chi connectivity index (χ1n) is 7.12. The second kappa shape index (κ2) is 7.76. The fourth-order valence-corrected chi connectivity index (χ4v) is 2.25. The number of hydrogen-bond donors (Lipinski definition) is 1. The zero-order valence-corrected chi connectivity index (χ0v) is 12.4. The summed E-state index contributed by atoms with van der Waals surface area (Å²) >= 11 is 0. The van der Waals surface area contributed by atoms with Crippen LogP contribution in [0.1, 0.15) is 29.9 Å². The van der Waals surface area contributed by atoms with Crippen molar-refractivity contribution < 1.29 is 14.3 Å². The van der Waals surface area contributed by atoms with Crippen LogP contribution < -0.4 is 10.5 Å². The van der Waals surface area contributed by atoms with Gasteiger partial charge in [0, 0.05) is 12.3 Å². The van der Waals surface area contributed by atoms with Gasteiger partial charge in [-0.15, -0.1) is 0 Å². The average molecular weight is 308 g/mol. The second-order valence-electron chi connectivity index (χ2n) is 5.09. The summed E-state index contributed by atoms with van der Waals surface area (Å²) in [6.45, 7) is 0. The van der Waals surface area contributed by atoms with Gasteiger partial charge in [-0.05, 0) is 29.8 Å². The molecule has 0 radical (unpaired) electrons. The smallest absolute Gasteiger partial charge is 0.311 e. The molecular formula is C18H16N2O3. The Kier molecular flexibility index (Phi) is 5.48. The quantitative estimate of drug-likeness (QED) is 0.655.